The van der Waals surface area contributed by atoms with E-state index in [2.05, 4.69) is 10.2 Å². The molecule has 2 aliphatic heterocycles. The van der Waals surface area contributed by atoms with Crippen LogP contribution in [0.3, 0.4) is 0 Å². The number of benzene rings is 2. The summed E-state index contributed by atoms with van der Waals surface area (Å²) in [5.41, 5.74) is 2.65. The van der Waals surface area contributed by atoms with Crippen molar-refractivity contribution in [2.75, 3.05) is 32.7 Å². The molecule has 2 aliphatic rings. The van der Waals surface area contributed by atoms with E-state index in [1.807, 2.05) is 55.6 Å². The van der Waals surface area contributed by atoms with Crippen LogP contribution >= 0.6 is 11.3 Å². The van der Waals surface area contributed by atoms with Crippen LogP contribution in [-0.2, 0) is 4.74 Å². The first-order chi connectivity index (χ1) is 22.4. The van der Waals surface area contributed by atoms with Crippen LogP contribution in [0.25, 0.3) is 26.4 Å². The number of carbonyl (C=O) groups excluding carboxylic acids is 2. The summed E-state index contributed by atoms with van der Waals surface area (Å²) >= 11 is 1.35. The van der Waals surface area contributed by atoms with E-state index in [9.17, 15) is 22.8 Å². The SMILES string of the molecule is CC(C)(C)OC(=O)N1CCCC1c1ccc(-c2cn3c(n2)sc2cc(C(=O)NCCCN4CCC(F)CC4)c(OC(F)F)cc23)cc1. The molecule has 2 amide bonds. The molecule has 13 heteroatoms. The molecule has 2 aromatic carbocycles. The van der Waals surface area contributed by atoms with E-state index < -0.39 is 24.3 Å². The largest absolute Gasteiger partial charge is 0.444 e. The molecule has 2 fully saturated rings. The summed E-state index contributed by atoms with van der Waals surface area (Å²) in [4.78, 5) is 35.2. The Kier molecular flexibility index (Phi) is 9.65. The zero-order valence-electron chi connectivity index (χ0n) is 26.8. The van der Waals surface area contributed by atoms with Gasteiger partial charge in [-0.05, 0) is 71.0 Å². The second kappa shape index (κ2) is 13.7. The van der Waals surface area contributed by atoms with Gasteiger partial charge in [0.15, 0.2) is 4.96 Å². The number of amides is 2. The second-order valence-electron chi connectivity index (χ2n) is 13.2. The van der Waals surface area contributed by atoms with Crippen molar-refractivity contribution in [3.63, 3.8) is 0 Å². The number of hydrogen-bond acceptors (Lipinski definition) is 7. The van der Waals surface area contributed by atoms with E-state index in [1.54, 1.807) is 11.0 Å². The average molecular weight is 672 g/mol. The number of thiazole rings is 1. The van der Waals surface area contributed by atoms with Gasteiger partial charge in [0.05, 0.1) is 27.5 Å². The van der Waals surface area contributed by atoms with Crippen molar-refractivity contribution < 1.29 is 32.2 Å². The Morgan fingerprint density at radius 3 is 2.53 bits per heavy atom. The van der Waals surface area contributed by atoms with Gasteiger partial charge in [-0.1, -0.05) is 35.6 Å². The number of hydrogen-bond donors (Lipinski definition) is 1. The third kappa shape index (κ3) is 7.67. The lowest BCUT2D eigenvalue weighted by Gasteiger charge is -2.28. The Bertz CT molecular complexity index is 1730. The maximum Gasteiger partial charge on any atom is 0.410 e. The maximum atomic E-state index is 13.4. The predicted octanol–water partition coefficient (Wildman–Crippen LogP) is 7.44. The fourth-order valence-electron chi connectivity index (χ4n) is 6.29. The summed E-state index contributed by atoms with van der Waals surface area (Å²) in [6.45, 7) is 5.59. The Morgan fingerprint density at radius 2 is 1.83 bits per heavy atom. The van der Waals surface area contributed by atoms with Gasteiger partial charge in [-0.3, -0.25) is 9.20 Å². The van der Waals surface area contributed by atoms with E-state index in [0.717, 1.165) is 30.5 Å². The number of nitrogens with one attached hydrogen (secondary N) is 1. The number of alkyl halides is 3. The summed E-state index contributed by atoms with van der Waals surface area (Å²) in [5, 5.41) is 2.82. The van der Waals surface area contributed by atoms with Gasteiger partial charge in [0.25, 0.3) is 5.91 Å². The molecule has 4 heterocycles. The molecule has 0 aliphatic carbocycles. The number of aromatic nitrogens is 2. The lowest BCUT2D eigenvalue weighted by Crippen LogP contribution is -2.36. The minimum atomic E-state index is -3.10. The first kappa shape index (κ1) is 33.1. The first-order valence-electron chi connectivity index (χ1n) is 16.1. The minimum Gasteiger partial charge on any atom is -0.444 e. The maximum absolute atomic E-state index is 13.4. The Morgan fingerprint density at radius 1 is 1.09 bits per heavy atom. The minimum absolute atomic E-state index is 0.0312. The molecule has 1 unspecified atom stereocenters. The Hall–Kier alpha value is -3.84. The number of ether oxygens (including phenoxy) is 2. The van der Waals surface area contributed by atoms with E-state index >= 15 is 0 Å². The fraction of sp³-hybridized carbons (Fsp3) is 0.500. The highest BCUT2D eigenvalue weighted by Gasteiger charge is 2.33. The van der Waals surface area contributed by atoms with Gasteiger partial charge in [0.2, 0.25) is 0 Å². The average Bonchev–Trinajstić information content (AvgIpc) is 3.74. The standard InChI is InChI=1S/C34H40F3N5O4S/c1-34(2,3)46-33(44)41-15-4-6-26(41)22-9-7-21(8-10-22)25-20-42-27-19-28(45-31(36)37)24(18-29(27)47-32(42)39-25)30(43)38-13-5-14-40-16-11-23(35)12-17-40/h7-10,18-20,23,26,31H,4-6,11-17H2,1-3H3,(H,38,43). The monoisotopic (exact) mass is 671 g/mol. The smallest absolute Gasteiger partial charge is 0.410 e. The zero-order valence-corrected chi connectivity index (χ0v) is 27.6. The number of likely N-dealkylation sites (tertiary alicyclic amines) is 2. The number of carbonyl (C=O) groups is 2. The van der Waals surface area contributed by atoms with Crippen molar-refractivity contribution in [2.24, 2.45) is 0 Å². The summed E-state index contributed by atoms with van der Waals surface area (Å²) in [7, 11) is 0. The van der Waals surface area contributed by atoms with Crippen molar-refractivity contribution in [3.8, 4) is 17.0 Å². The molecule has 0 bridgehead atoms. The Labute approximate surface area is 275 Å². The van der Waals surface area contributed by atoms with Crippen molar-refractivity contribution >= 4 is 38.5 Å². The molecular weight excluding hydrogens is 631 g/mol. The van der Waals surface area contributed by atoms with Crippen molar-refractivity contribution in [3.05, 3.63) is 53.7 Å². The van der Waals surface area contributed by atoms with Crippen LogP contribution in [0.2, 0.25) is 0 Å². The predicted molar refractivity (Wildman–Crippen MR) is 175 cm³/mol. The van der Waals surface area contributed by atoms with Gasteiger partial charge in [0, 0.05) is 44.0 Å². The highest BCUT2D eigenvalue weighted by atomic mass is 32.1. The number of piperidine rings is 1. The molecule has 0 spiro atoms. The fourth-order valence-corrected chi connectivity index (χ4v) is 7.32. The molecule has 1 N–H and O–H groups in total. The highest BCUT2D eigenvalue weighted by Crippen LogP contribution is 2.37. The number of imidazole rings is 1. The molecule has 6 rings (SSSR count). The number of rotatable bonds is 9. The van der Waals surface area contributed by atoms with Gasteiger partial charge in [-0.25, -0.2) is 14.2 Å². The second-order valence-corrected chi connectivity index (χ2v) is 14.2. The molecule has 1 atom stereocenters. The lowest BCUT2D eigenvalue weighted by molar-refractivity contribution is -0.0500. The van der Waals surface area contributed by atoms with Crippen LogP contribution in [0.5, 0.6) is 5.75 Å². The van der Waals surface area contributed by atoms with Gasteiger partial charge >= 0.3 is 12.7 Å². The van der Waals surface area contributed by atoms with Crippen molar-refractivity contribution in [1.82, 2.24) is 24.5 Å². The molecule has 2 saturated heterocycles. The van der Waals surface area contributed by atoms with Crippen LogP contribution in [0.15, 0.2) is 42.6 Å². The van der Waals surface area contributed by atoms with Crippen LogP contribution < -0.4 is 10.1 Å². The van der Waals surface area contributed by atoms with E-state index in [1.165, 1.54) is 17.4 Å². The highest BCUT2D eigenvalue weighted by molar-refractivity contribution is 7.23. The lowest BCUT2D eigenvalue weighted by atomic mass is 10.0. The van der Waals surface area contributed by atoms with Gasteiger partial charge < -0.3 is 24.6 Å². The molecule has 47 heavy (non-hydrogen) atoms. The normalized spacial score (nSPS) is 18.0. The molecule has 0 saturated carbocycles. The molecule has 0 radical (unpaired) electrons. The Balaban J connectivity index is 1.17. The molecule has 4 aromatic rings. The number of fused-ring (bicyclic) bond motifs is 3. The van der Waals surface area contributed by atoms with E-state index in [0.29, 0.717) is 66.3 Å². The third-order valence-corrected chi connectivity index (χ3v) is 9.60. The summed E-state index contributed by atoms with van der Waals surface area (Å²) in [6, 6.07) is 10.9. The summed E-state index contributed by atoms with van der Waals surface area (Å²) in [5.74, 6) is -0.704. The van der Waals surface area contributed by atoms with Crippen LogP contribution in [-0.4, -0.2) is 82.3 Å². The quantitative estimate of drug-likeness (QED) is 0.186. The van der Waals surface area contributed by atoms with Crippen LogP contribution in [0.1, 0.15) is 74.8 Å². The van der Waals surface area contributed by atoms with Crippen molar-refractivity contribution in [2.45, 2.75) is 77.3 Å². The number of nitrogens with zero attached hydrogens (tertiary/aromatic N) is 4. The van der Waals surface area contributed by atoms with E-state index in [4.69, 9.17) is 14.5 Å². The van der Waals surface area contributed by atoms with E-state index in [-0.39, 0.29) is 23.4 Å². The molecule has 2 aromatic heterocycles. The summed E-state index contributed by atoms with van der Waals surface area (Å²) < 4.78 is 53.2. The third-order valence-electron chi connectivity index (χ3n) is 8.58. The summed E-state index contributed by atoms with van der Waals surface area (Å²) in [6.07, 6.45) is 4.25. The van der Waals surface area contributed by atoms with Crippen LogP contribution in [0.4, 0.5) is 18.0 Å². The van der Waals surface area contributed by atoms with Gasteiger partial charge in [-0.15, -0.1) is 0 Å². The van der Waals surface area contributed by atoms with Crippen molar-refractivity contribution in [1.29, 1.82) is 0 Å². The van der Waals surface area contributed by atoms with Gasteiger partial charge in [-0.2, -0.15) is 8.78 Å². The topological polar surface area (TPSA) is 88.4 Å². The van der Waals surface area contributed by atoms with Gasteiger partial charge in [0.1, 0.15) is 17.5 Å². The molecule has 252 valence electrons. The number of halogens is 3. The zero-order chi connectivity index (χ0) is 33.3. The molecular formula is C34H40F3N5O4S. The first-order valence-corrected chi connectivity index (χ1v) is 16.9. The molecule has 9 nitrogen and oxygen atoms in total. The van der Waals surface area contributed by atoms with Crippen LogP contribution in [0, 0.1) is 0 Å².